The van der Waals surface area contributed by atoms with Gasteiger partial charge in [0.2, 0.25) is 0 Å². The Hall–Kier alpha value is -2.63. The molecule has 2 aromatic rings. The molecule has 1 N–H and O–H groups in total. The van der Waals surface area contributed by atoms with Crippen LogP contribution in [0, 0.1) is 0 Å². The summed E-state index contributed by atoms with van der Waals surface area (Å²) in [5.41, 5.74) is 2.99. The predicted octanol–water partition coefficient (Wildman–Crippen LogP) is 3.14. The van der Waals surface area contributed by atoms with Crippen LogP contribution in [-0.2, 0) is 22.4 Å². The number of fused-ring (bicyclic) bond motifs is 1. The Bertz CT molecular complexity index is 795. The predicted molar refractivity (Wildman–Crippen MR) is 94.6 cm³/mol. The van der Waals surface area contributed by atoms with E-state index in [9.17, 15) is 9.59 Å². The number of carbonyl (C=O) groups is 2. The fraction of sp³-hybridized carbons (Fsp3) is 0.421. The van der Waals surface area contributed by atoms with Gasteiger partial charge in [0, 0.05) is 12.1 Å². The molecule has 1 amide bonds. The molecule has 0 fully saturated rings. The molecule has 0 radical (unpaired) electrons. The molecule has 1 aliphatic carbocycles. The average Bonchev–Trinajstić information content (AvgIpc) is 3.22. The van der Waals surface area contributed by atoms with Crippen LogP contribution >= 0.6 is 0 Å². The summed E-state index contributed by atoms with van der Waals surface area (Å²) in [7, 11) is 0. The number of aryl methyl sites for hydroxylation is 2. The van der Waals surface area contributed by atoms with E-state index < -0.39 is 12.1 Å². The van der Waals surface area contributed by atoms with E-state index in [1.807, 2.05) is 26.0 Å². The van der Waals surface area contributed by atoms with Crippen LogP contribution in [0.5, 0.6) is 0 Å². The molecule has 0 spiro atoms. The average molecular weight is 341 g/mol. The normalized spacial score (nSPS) is 14.2. The zero-order valence-electron chi connectivity index (χ0n) is 14.8. The van der Waals surface area contributed by atoms with E-state index in [4.69, 9.17) is 4.74 Å². The maximum atomic E-state index is 12.3. The van der Waals surface area contributed by atoms with Crippen molar-refractivity contribution in [3.8, 4) is 0 Å². The molecule has 6 heteroatoms. The van der Waals surface area contributed by atoms with Crippen molar-refractivity contribution in [2.75, 3.05) is 5.32 Å². The number of ether oxygens (including phenoxy) is 1. The quantitative estimate of drug-likeness (QED) is 0.848. The fourth-order valence-electron chi connectivity index (χ4n) is 3.03. The fourth-order valence-corrected chi connectivity index (χ4v) is 3.03. The lowest BCUT2D eigenvalue weighted by molar-refractivity contribution is -0.123. The van der Waals surface area contributed by atoms with Gasteiger partial charge in [0.25, 0.3) is 5.91 Å². The molecular formula is C19H23N3O3. The summed E-state index contributed by atoms with van der Waals surface area (Å²) in [6.45, 7) is 5.51. The molecule has 0 aliphatic heterocycles. The monoisotopic (exact) mass is 341 g/mol. The molecule has 1 heterocycles. The Balaban J connectivity index is 1.63. The molecule has 1 aromatic carbocycles. The number of nitrogens with one attached hydrogen (secondary N) is 1. The molecule has 0 unspecified atom stereocenters. The molecule has 1 aromatic heterocycles. The van der Waals surface area contributed by atoms with Crippen LogP contribution in [0.25, 0.3) is 0 Å². The number of amides is 1. The van der Waals surface area contributed by atoms with Crippen LogP contribution in [0.3, 0.4) is 0 Å². The van der Waals surface area contributed by atoms with Crippen LogP contribution in [0.4, 0.5) is 5.82 Å². The Morgan fingerprint density at radius 1 is 1.16 bits per heavy atom. The number of hydrogen-bond donors (Lipinski definition) is 1. The van der Waals surface area contributed by atoms with Gasteiger partial charge in [0.1, 0.15) is 5.82 Å². The number of esters is 1. The highest BCUT2D eigenvalue weighted by Crippen LogP contribution is 2.23. The number of aromatic nitrogens is 2. The number of rotatable bonds is 5. The lowest BCUT2D eigenvalue weighted by Gasteiger charge is -2.16. The number of anilines is 1. The first kappa shape index (κ1) is 17.2. The number of benzene rings is 1. The Labute approximate surface area is 147 Å². The van der Waals surface area contributed by atoms with Gasteiger partial charge < -0.3 is 10.1 Å². The van der Waals surface area contributed by atoms with Crippen molar-refractivity contribution in [1.29, 1.82) is 0 Å². The van der Waals surface area contributed by atoms with Crippen molar-refractivity contribution in [3.63, 3.8) is 0 Å². The van der Waals surface area contributed by atoms with Gasteiger partial charge >= 0.3 is 5.97 Å². The van der Waals surface area contributed by atoms with Crippen LogP contribution < -0.4 is 5.32 Å². The molecule has 0 bridgehead atoms. The van der Waals surface area contributed by atoms with E-state index in [1.165, 1.54) is 11.1 Å². The van der Waals surface area contributed by atoms with Gasteiger partial charge in [0.15, 0.2) is 6.10 Å². The number of carbonyl (C=O) groups excluding carboxylic acids is 2. The van der Waals surface area contributed by atoms with E-state index in [0.29, 0.717) is 11.4 Å². The zero-order chi connectivity index (χ0) is 18.0. The molecule has 0 saturated carbocycles. The third-order valence-electron chi connectivity index (χ3n) is 4.40. The first-order chi connectivity index (χ1) is 12.0. The number of nitrogens with zero attached hydrogens (tertiary/aromatic N) is 2. The number of hydrogen-bond acceptors (Lipinski definition) is 4. The smallest absolute Gasteiger partial charge is 0.338 e. The Morgan fingerprint density at radius 2 is 1.92 bits per heavy atom. The topological polar surface area (TPSA) is 73.2 Å². The van der Waals surface area contributed by atoms with Crippen LogP contribution in [0.15, 0.2) is 30.5 Å². The van der Waals surface area contributed by atoms with Crippen molar-refractivity contribution in [2.24, 2.45) is 0 Å². The molecule has 132 valence electrons. The highest BCUT2D eigenvalue weighted by atomic mass is 16.5. The van der Waals surface area contributed by atoms with Crippen molar-refractivity contribution in [3.05, 3.63) is 47.2 Å². The Kier molecular flexibility index (Phi) is 4.88. The molecule has 0 saturated heterocycles. The SMILES string of the molecule is CC(C)n1nccc1NC(=O)[C@@H](C)OC(=O)c1ccc2c(c1)CCC2. The molecule has 25 heavy (non-hydrogen) atoms. The first-order valence-electron chi connectivity index (χ1n) is 8.63. The van der Waals surface area contributed by atoms with E-state index >= 15 is 0 Å². The highest BCUT2D eigenvalue weighted by molar-refractivity contribution is 5.97. The lowest BCUT2D eigenvalue weighted by Crippen LogP contribution is -2.31. The molecular weight excluding hydrogens is 318 g/mol. The van der Waals surface area contributed by atoms with E-state index in [0.717, 1.165) is 19.3 Å². The summed E-state index contributed by atoms with van der Waals surface area (Å²) in [6.07, 6.45) is 3.90. The second-order valence-electron chi connectivity index (χ2n) is 6.63. The summed E-state index contributed by atoms with van der Waals surface area (Å²) < 4.78 is 7.03. The first-order valence-corrected chi connectivity index (χ1v) is 8.63. The van der Waals surface area contributed by atoms with Gasteiger partial charge in [-0.1, -0.05) is 6.07 Å². The summed E-state index contributed by atoms with van der Waals surface area (Å²) in [5.74, 6) is -0.271. The van der Waals surface area contributed by atoms with Gasteiger partial charge in [-0.3, -0.25) is 4.79 Å². The third-order valence-corrected chi connectivity index (χ3v) is 4.40. The van der Waals surface area contributed by atoms with Crippen LogP contribution in [-0.4, -0.2) is 27.8 Å². The molecule has 1 aliphatic rings. The van der Waals surface area contributed by atoms with Gasteiger partial charge in [-0.05, 0) is 63.3 Å². The molecule has 3 rings (SSSR count). The van der Waals surface area contributed by atoms with Gasteiger partial charge in [-0.15, -0.1) is 0 Å². The van der Waals surface area contributed by atoms with E-state index in [1.54, 1.807) is 29.9 Å². The van der Waals surface area contributed by atoms with Crippen LogP contribution in [0.1, 0.15) is 54.7 Å². The van der Waals surface area contributed by atoms with Crippen molar-refractivity contribution < 1.29 is 14.3 Å². The minimum absolute atomic E-state index is 0.120. The maximum absolute atomic E-state index is 12.3. The van der Waals surface area contributed by atoms with Crippen molar-refractivity contribution in [1.82, 2.24) is 9.78 Å². The van der Waals surface area contributed by atoms with E-state index in [2.05, 4.69) is 10.4 Å². The maximum Gasteiger partial charge on any atom is 0.338 e. The van der Waals surface area contributed by atoms with E-state index in [-0.39, 0.29) is 11.9 Å². The Morgan fingerprint density at radius 3 is 2.68 bits per heavy atom. The summed E-state index contributed by atoms with van der Waals surface area (Å²) in [6, 6.07) is 7.46. The third kappa shape index (κ3) is 3.73. The van der Waals surface area contributed by atoms with Crippen molar-refractivity contribution >= 4 is 17.7 Å². The molecule has 1 atom stereocenters. The minimum atomic E-state index is -0.892. The minimum Gasteiger partial charge on any atom is -0.449 e. The summed E-state index contributed by atoms with van der Waals surface area (Å²) in [5, 5.41) is 6.92. The van der Waals surface area contributed by atoms with Gasteiger partial charge in [-0.2, -0.15) is 5.10 Å². The van der Waals surface area contributed by atoms with Crippen LogP contribution in [0.2, 0.25) is 0 Å². The van der Waals surface area contributed by atoms with Gasteiger partial charge in [-0.25, -0.2) is 9.48 Å². The highest BCUT2D eigenvalue weighted by Gasteiger charge is 2.21. The standard InChI is InChI=1S/C19H23N3O3/c1-12(2)22-17(9-10-20-22)21-18(23)13(3)25-19(24)16-8-7-14-5-4-6-15(14)11-16/h7-13H,4-6H2,1-3H3,(H,21,23)/t13-/m1/s1. The largest absolute Gasteiger partial charge is 0.449 e. The lowest BCUT2D eigenvalue weighted by atomic mass is 10.1. The van der Waals surface area contributed by atoms with Crippen molar-refractivity contribution in [2.45, 2.75) is 52.2 Å². The molecule has 6 nitrogen and oxygen atoms in total. The second-order valence-corrected chi connectivity index (χ2v) is 6.63. The summed E-state index contributed by atoms with van der Waals surface area (Å²) in [4.78, 5) is 24.6. The second kappa shape index (κ2) is 7.09. The van der Waals surface area contributed by atoms with Gasteiger partial charge in [0.05, 0.1) is 11.8 Å². The zero-order valence-corrected chi connectivity index (χ0v) is 14.8. The summed E-state index contributed by atoms with van der Waals surface area (Å²) >= 11 is 0.